The van der Waals surface area contributed by atoms with Gasteiger partial charge < -0.3 is 9.47 Å². The number of aryl methyl sites for hydroxylation is 1. The molecule has 1 heterocycles. The number of nitrogens with zero attached hydrogens (tertiary/aromatic N) is 2. The third-order valence-corrected chi connectivity index (χ3v) is 2.61. The molecule has 2 rings (SSSR count). The fourth-order valence-electron chi connectivity index (χ4n) is 1.68. The molecule has 20 heavy (non-hydrogen) atoms. The van der Waals surface area contributed by atoms with Gasteiger partial charge in [-0.1, -0.05) is 6.07 Å². The van der Waals surface area contributed by atoms with Crippen LogP contribution in [0.2, 0.25) is 0 Å². The van der Waals surface area contributed by atoms with E-state index in [1.54, 1.807) is 19.5 Å². The molecule has 0 aliphatic carbocycles. The average molecular weight is 270 g/mol. The highest BCUT2D eigenvalue weighted by atomic mass is 16.5. The van der Waals surface area contributed by atoms with E-state index in [1.165, 1.54) is 0 Å². The van der Waals surface area contributed by atoms with E-state index < -0.39 is 0 Å². The van der Waals surface area contributed by atoms with Crippen molar-refractivity contribution in [3.05, 3.63) is 48.2 Å². The summed E-state index contributed by atoms with van der Waals surface area (Å²) in [5.41, 5.74) is 1.10. The summed E-state index contributed by atoms with van der Waals surface area (Å²) in [4.78, 5) is 8.13. The molecule has 0 bridgehead atoms. The van der Waals surface area contributed by atoms with E-state index in [-0.39, 0.29) is 6.10 Å². The van der Waals surface area contributed by atoms with Crippen LogP contribution in [0.3, 0.4) is 0 Å². The van der Waals surface area contributed by atoms with Gasteiger partial charge in [-0.25, -0.2) is 4.98 Å². The average Bonchev–Trinajstić information content (AvgIpc) is 2.44. The molecule has 0 fully saturated rings. The highest BCUT2D eigenvalue weighted by molar-refractivity contribution is 5.62. The Labute approximate surface area is 119 Å². The summed E-state index contributed by atoms with van der Waals surface area (Å²) in [5.74, 6) is 2.09. The third kappa shape index (κ3) is 4.09. The minimum absolute atomic E-state index is 0.0504. The highest BCUT2D eigenvalue weighted by Crippen LogP contribution is 2.22. The quantitative estimate of drug-likeness (QED) is 0.779. The minimum Gasteiger partial charge on any atom is -0.485 e. The Morgan fingerprint density at radius 2 is 1.80 bits per heavy atom. The van der Waals surface area contributed by atoms with E-state index >= 15 is 0 Å². The highest BCUT2D eigenvalue weighted by Gasteiger charge is 2.02. The van der Waals surface area contributed by atoms with Crippen LogP contribution in [0, 0.1) is 6.92 Å². The van der Waals surface area contributed by atoms with Crippen LogP contribution in [0.4, 0.5) is 0 Å². The topological polar surface area (TPSA) is 43.7 Å². The van der Waals surface area contributed by atoms with Gasteiger partial charge in [0, 0.05) is 25.5 Å². The Bertz CT molecular complexity index is 562. The molecule has 0 amide bonds. The summed E-state index contributed by atoms with van der Waals surface area (Å²) in [6.45, 7) is 3.93. The molecule has 4 heteroatoms. The Balaban J connectivity index is 1.99. The molecule has 104 valence electrons. The van der Waals surface area contributed by atoms with Crippen molar-refractivity contribution in [2.24, 2.45) is 4.99 Å². The van der Waals surface area contributed by atoms with Crippen LogP contribution >= 0.6 is 0 Å². The summed E-state index contributed by atoms with van der Waals surface area (Å²) in [5, 5.41) is 0. The molecule has 1 unspecified atom stereocenters. The largest absolute Gasteiger partial charge is 0.485 e. The lowest BCUT2D eigenvalue weighted by Crippen LogP contribution is -2.12. The van der Waals surface area contributed by atoms with Crippen LogP contribution in [-0.4, -0.2) is 24.4 Å². The van der Waals surface area contributed by atoms with Crippen LogP contribution in [0.1, 0.15) is 12.5 Å². The number of hydrogen-bond donors (Lipinski definition) is 0. The minimum atomic E-state index is -0.0504. The normalized spacial score (nSPS) is 12.3. The zero-order valence-corrected chi connectivity index (χ0v) is 11.9. The van der Waals surface area contributed by atoms with Gasteiger partial charge in [0.25, 0.3) is 0 Å². The number of pyridine rings is 1. The molecule has 0 aliphatic rings. The smallest absolute Gasteiger partial charge is 0.219 e. The number of aromatic nitrogens is 1. The molecule has 1 atom stereocenters. The monoisotopic (exact) mass is 270 g/mol. The van der Waals surface area contributed by atoms with Gasteiger partial charge in [-0.3, -0.25) is 4.99 Å². The summed E-state index contributed by atoms with van der Waals surface area (Å²) in [6.07, 6.45) is 3.48. The van der Waals surface area contributed by atoms with Gasteiger partial charge in [-0.15, -0.1) is 0 Å². The molecule has 2 aromatic rings. The number of aliphatic imine (C=N–C) groups is 1. The fourth-order valence-corrected chi connectivity index (χ4v) is 1.68. The van der Waals surface area contributed by atoms with E-state index in [0.717, 1.165) is 17.1 Å². The third-order valence-electron chi connectivity index (χ3n) is 2.61. The Morgan fingerprint density at radius 3 is 2.40 bits per heavy atom. The van der Waals surface area contributed by atoms with Crippen molar-refractivity contribution in [3.63, 3.8) is 0 Å². The van der Waals surface area contributed by atoms with Crippen molar-refractivity contribution in [3.8, 4) is 17.4 Å². The van der Waals surface area contributed by atoms with Gasteiger partial charge in [0.15, 0.2) is 0 Å². The first kappa shape index (κ1) is 14.1. The SMILES string of the molecule is C/N=C/C(C)Oc1ccc(Oc2ccc(C)cn2)cc1. The van der Waals surface area contributed by atoms with Crippen molar-refractivity contribution in [1.82, 2.24) is 4.98 Å². The molecule has 0 N–H and O–H groups in total. The first-order chi connectivity index (χ1) is 9.67. The Morgan fingerprint density at radius 1 is 1.10 bits per heavy atom. The van der Waals surface area contributed by atoms with Crippen molar-refractivity contribution >= 4 is 6.21 Å². The summed E-state index contributed by atoms with van der Waals surface area (Å²) in [7, 11) is 1.73. The maximum atomic E-state index is 5.66. The van der Waals surface area contributed by atoms with Gasteiger partial charge in [-0.2, -0.15) is 0 Å². The summed E-state index contributed by atoms with van der Waals surface area (Å²) < 4.78 is 11.3. The van der Waals surface area contributed by atoms with E-state index in [0.29, 0.717) is 5.88 Å². The number of rotatable bonds is 5. The van der Waals surface area contributed by atoms with E-state index in [1.807, 2.05) is 50.2 Å². The molecular formula is C16H18N2O2. The lowest BCUT2D eigenvalue weighted by molar-refractivity contribution is 0.291. The summed E-state index contributed by atoms with van der Waals surface area (Å²) in [6, 6.07) is 11.2. The molecule has 0 spiro atoms. The van der Waals surface area contributed by atoms with Gasteiger partial charge in [0.1, 0.15) is 17.6 Å². The molecule has 1 aromatic heterocycles. The predicted octanol–water partition coefficient (Wildman–Crippen LogP) is 3.65. The van der Waals surface area contributed by atoms with Crippen molar-refractivity contribution in [1.29, 1.82) is 0 Å². The van der Waals surface area contributed by atoms with Crippen LogP contribution in [-0.2, 0) is 0 Å². The predicted molar refractivity (Wildman–Crippen MR) is 80.0 cm³/mol. The number of hydrogen-bond acceptors (Lipinski definition) is 4. The van der Waals surface area contributed by atoms with Crippen molar-refractivity contribution < 1.29 is 9.47 Å². The van der Waals surface area contributed by atoms with Crippen LogP contribution in [0.15, 0.2) is 47.6 Å². The molecule has 0 aliphatic heterocycles. The molecular weight excluding hydrogens is 252 g/mol. The number of benzene rings is 1. The second kappa shape index (κ2) is 6.70. The van der Waals surface area contributed by atoms with Gasteiger partial charge >= 0.3 is 0 Å². The standard InChI is InChI=1S/C16H18N2O2/c1-12-4-9-16(18-10-12)20-15-7-5-14(6-8-15)19-13(2)11-17-3/h4-11,13H,1-3H3/b17-11+. The maximum Gasteiger partial charge on any atom is 0.219 e. The van der Waals surface area contributed by atoms with Gasteiger partial charge in [0.05, 0.1) is 0 Å². The zero-order chi connectivity index (χ0) is 14.4. The zero-order valence-electron chi connectivity index (χ0n) is 11.9. The molecule has 0 radical (unpaired) electrons. The van der Waals surface area contributed by atoms with E-state index in [2.05, 4.69) is 9.98 Å². The first-order valence-corrected chi connectivity index (χ1v) is 6.47. The molecule has 0 saturated carbocycles. The van der Waals surface area contributed by atoms with E-state index in [9.17, 15) is 0 Å². The van der Waals surface area contributed by atoms with E-state index in [4.69, 9.17) is 9.47 Å². The number of ether oxygens (including phenoxy) is 2. The molecule has 1 aromatic carbocycles. The van der Waals surface area contributed by atoms with Crippen molar-refractivity contribution in [2.45, 2.75) is 20.0 Å². The Hall–Kier alpha value is -2.36. The van der Waals surface area contributed by atoms with Crippen LogP contribution in [0.5, 0.6) is 17.4 Å². The summed E-state index contributed by atoms with van der Waals surface area (Å²) >= 11 is 0. The molecule has 0 saturated heterocycles. The second-order valence-electron chi connectivity index (χ2n) is 4.48. The first-order valence-electron chi connectivity index (χ1n) is 6.47. The van der Waals surface area contributed by atoms with Crippen LogP contribution < -0.4 is 9.47 Å². The maximum absolute atomic E-state index is 5.66. The Kier molecular flexibility index (Phi) is 4.71. The lowest BCUT2D eigenvalue weighted by Gasteiger charge is -2.11. The lowest BCUT2D eigenvalue weighted by atomic mass is 10.3. The van der Waals surface area contributed by atoms with Crippen molar-refractivity contribution in [2.75, 3.05) is 7.05 Å². The van der Waals surface area contributed by atoms with Crippen LogP contribution in [0.25, 0.3) is 0 Å². The van der Waals surface area contributed by atoms with Gasteiger partial charge in [0.2, 0.25) is 5.88 Å². The molecule has 4 nitrogen and oxygen atoms in total. The fraction of sp³-hybridized carbons (Fsp3) is 0.250. The van der Waals surface area contributed by atoms with Gasteiger partial charge in [-0.05, 0) is 43.7 Å². The second-order valence-corrected chi connectivity index (χ2v) is 4.48.